The zero-order valence-corrected chi connectivity index (χ0v) is 2.60. The van der Waals surface area contributed by atoms with E-state index in [1.54, 1.807) is 0 Å². The number of hydrogen-bond donors (Lipinski definition) is 0. The van der Waals surface area contributed by atoms with Gasteiger partial charge in [0.15, 0.2) is 0 Å². The molecule has 22 valence electrons. The Morgan fingerprint density at radius 2 is 1.00 bits per heavy atom. The Hall–Kier alpha value is 3.49. The van der Waals surface area contributed by atoms with Crippen LogP contribution < -0.4 is 0 Å². The first-order valence-electron chi connectivity index (χ1n) is 0. The van der Waals surface area contributed by atoms with Gasteiger partial charge in [-0.05, 0) is 0 Å². The van der Waals surface area contributed by atoms with Crippen molar-refractivity contribution in [2.75, 3.05) is 0 Å². The van der Waals surface area contributed by atoms with Crippen LogP contribution in [0.3, 0.4) is 0 Å². The molecule has 0 saturated carbocycles. The summed E-state index contributed by atoms with van der Waals surface area (Å²) in [6.07, 6.45) is 0. The Morgan fingerprint density at radius 1 is 1.00 bits per heavy atom. The van der Waals surface area contributed by atoms with E-state index in [1.165, 1.54) is 0 Å². The first-order chi connectivity index (χ1) is 0. The van der Waals surface area contributed by atoms with Gasteiger partial charge in [0, 0.05) is 0 Å². The molecule has 0 nitrogen and oxygen atoms in total. The second-order valence-corrected chi connectivity index (χ2v) is 0. The van der Waals surface area contributed by atoms with Crippen molar-refractivity contribution in [2.24, 2.45) is 0 Å². The maximum absolute atomic E-state index is 0. The van der Waals surface area contributed by atoms with E-state index in [0.29, 0.717) is 0 Å². The van der Waals surface area contributed by atoms with E-state index in [9.17, 15) is 0 Å². The van der Waals surface area contributed by atoms with E-state index in [1.807, 2.05) is 0 Å². The third-order valence-corrected chi connectivity index (χ3v) is 0. The molecule has 0 aliphatic carbocycles. The first kappa shape index (κ1) is 25.9. The van der Waals surface area contributed by atoms with Crippen LogP contribution in [-0.4, -0.2) is 109 Å². The van der Waals surface area contributed by atoms with Crippen LogP contribution in [0.1, 0.15) is 0 Å². The summed E-state index contributed by atoms with van der Waals surface area (Å²) in [5, 5.41) is 0. The molecule has 0 spiro atoms. The van der Waals surface area contributed by atoms with Gasteiger partial charge in [0.25, 0.3) is 0 Å². The van der Waals surface area contributed by atoms with Gasteiger partial charge < -0.3 is 0 Å². The zero-order valence-electron chi connectivity index (χ0n) is 0.500. The summed E-state index contributed by atoms with van der Waals surface area (Å²) in [4.78, 5) is 0. The van der Waals surface area contributed by atoms with Crippen LogP contribution in [0.5, 0.6) is 0 Å². The number of hydrogen-bond acceptors (Lipinski definition) is 0. The topological polar surface area (TPSA) is 0 Å². The van der Waals surface area contributed by atoms with Crippen molar-refractivity contribution in [2.45, 2.75) is 0 Å². The molecule has 4 heavy (non-hydrogen) atoms. The minimum atomic E-state index is 0. The van der Waals surface area contributed by atoms with E-state index < -0.39 is 0 Å². The summed E-state index contributed by atoms with van der Waals surface area (Å²) < 4.78 is 0. The van der Waals surface area contributed by atoms with Crippen LogP contribution >= 0.6 is 0 Å². The Bertz CT molecular complexity index is 8.00. The summed E-state index contributed by atoms with van der Waals surface area (Å²) in [7, 11) is 0. The zero-order chi connectivity index (χ0) is 0. The molecule has 0 aromatic carbocycles. The Labute approximate surface area is 106 Å². The molecule has 0 rings (SSSR count). The standard InChI is InChI=1S/Ba.Ga.Mg.H2Se.7H/h;;;1H2;;;;;;;. The fourth-order valence-corrected chi connectivity index (χ4v) is 0. The van der Waals surface area contributed by atoms with E-state index in [0.717, 1.165) is 0 Å². The molecular weight excluding hydrogens is 310 g/mol. The fraction of sp³-hybridized carbons (Fsp3) is 0. The van der Waals surface area contributed by atoms with Crippen molar-refractivity contribution in [3.05, 3.63) is 0 Å². The van der Waals surface area contributed by atoms with E-state index >= 15 is 0 Å². The van der Waals surface area contributed by atoms with E-state index in [-0.39, 0.29) is 109 Å². The second kappa shape index (κ2) is 16.1. The third-order valence-electron chi connectivity index (χ3n) is 0. The molecule has 0 fully saturated rings. The van der Waals surface area contributed by atoms with Crippen molar-refractivity contribution >= 4 is 109 Å². The quantitative estimate of drug-likeness (QED) is 0.400. The molecule has 0 aliphatic rings. The molecule has 0 unspecified atom stereocenters. The molecule has 0 heterocycles. The van der Waals surface area contributed by atoms with E-state index in [2.05, 4.69) is 0 Å². The maximum atomic E-state index is 0. The predicted octanol–water partition coefficient (Wildman–Crippen LogP) is -3.93. The number of rotatable bonds is 0. The monoisotopic (exact) mass is 320 g/mol. The van der Waals surface area contributed by atoms with Gasteiger partial charge in [-0.3, -0.25) is 0 Å². The van der Waals surface area contributed by atoms with E-state index in [4.69, 9.17) is 0 Å². The summed E-state index contributed by atoms with van der Waals surface area (Å²) in [5.74, 6) is 0. The minimum absolute atomic E-state index is 0. The van der Waals surface area contributed by atoms with Crippen LogP contribution in [0.15, 0.2) is 0 Å². The molecule has 0 atom stereocenters. The molecular formula is H9BaGaMgSe. The molecule has 0 N–H and O–H groups in total. The van der Waals surface area contributed by atoms with Gasteiger partial charge in [-0.15, -0.1) is 0 Å². The molecule has 0 amide bonds. The average molecular weight is 319 g/mol. The molecule has 0 radical (unpaired) electrons. The van der Waals surface area contributed by atoms with Crippen LogP contribution in [0.2, 0.25) is 0 Å². The Morgan fingerprint density at radius 3 is 1.00 bits per heavy atom. The van der Waals surface area contributed by atoms with Gasteiger partial charge in [-0.25, -0.2) is 0 Å². The van der Waals surface area contributed by atoms with Gasteiger partial charge in [0.2, 0.25) is 0 Å². The average Bonchev–Trinajstić information content (AvgIpc) is 0. The van der Waals surface area contributed by atoms with Crippen molar-refractivity contribution in [1.82, 2.24) is 0 Å². The summed E-state index contributed by atoms with van der Waals surface area (Å²) >= 11 is 0. The van der Waals surface area contributed by atoms with Crippen LogP contribution in [-0.2, 0) is 0 Å². The van der Waals surface area contributed by atoms with Crippen molar-refractivity contribution in [1.29, 1.82) is 0 Å². The van der Waals surface area contributed by atoms with Gasteiger partial charge in [0.05, 0.1) is 0 Å². The fourth-order valence-electron chi connectivity index (χ4n) is 0. The van der Waals surface area contributed by atoms with Gasteiger partial charge >= 0.3 is 109 Å². The summed E-state index contributed by atoms with van der Waals surface area (Å²) in [5.41, 5.74) is 0. The SMILES string of the molecule is [BaH2].[GaH3].[MgH2].[SeH2]. The van der Waals surface area contributed by atoms with Crippen LogP contribution in [0.25, 0.3) is 0 Å². The van der Waals surface area contributed by atoms with Crippen molar-refractivity contribution < 1.29 is 0 Å². The second-order valence-electron chi connectivity index (χ2n) is 0. The van der Waals surface area contributed by atoms with Crippen molar-refractivity contribution in [3.8, 4) is 0 Å². The van der Waals surface area contributed by atoms with Gasteiger partial charge in [-0.2, -0.15) is 0 Å². The molecule has 0 aromatic heterocycles. The van der Waals surface area contributed by atoms with Crippen LogP contribution in [0.4, 0.5) is 0 Å². The molecule has 0 saturated heterocycles. The summed E-state index contributed by atoms with van der Waals surface area (Å²) in [6, 6.07) is 0. The normalized spacial score (nSPS) is 0. The molecule has 0 bridgehead atoms. The van der Waals surface area contributed by atoms with Gasteiger partial charge in [-0.1, -0.05) is 0 Å². The third kappa shape index (κ3) is 9.09. The first-order valence-corrected chi connectivity index (χ1v) is 0. The molecule has 0 aromatic rings. The summed E-state index contributed by atoms with van der Waals surface area (Å²) in [6.45, 7) is 0. The van der Waals surface area contributed by atoms with Crippen LogP contribution in [0, 0.1) is 0 Å². The van der Waals surface area contributed by atoms with Gasteiger partial charge in [0.1, 0.15) is 0 Å². The predicted molar refractivity (Wildman–Crippen MR) is 35.6 cm³/mol. The Balaban J connectivity index is 0. The molecule has 0 aliphatic heterocycles. The Kier molecular flexibility index (Phi) is 104. The molecule has 4 heteroatoms. The van der Waals surface area contributed by atoms with Crippen molar-refractivity contribution in [3.63, 3.8) is 0 Å².